The second-order valence-electron chi connectivity index (χ2n) is 12.3. The SMILES string of the molecule is c1ccc(-c2ccc(-c3ccc4cc5c(cc4c3)C3(c4ccccc4-c4ccccc43)c3c-5ccc4ccccc34)cc2)nc1. The molecule has 1 aromatic heterocycles. The molecule has 0 radical (unpaired) electrons. The maximum atomic E-state index is 4.53. The van der Waals surface area contributed by atoms with Gasteiger partial charge in [0, 0.05) is 11.8 Å². The minimum absolute atomic E-state index is 0.382. The van der Waals surface area contributed by atoms with E-state index in [1.165, 1.54) is 77.2 Å². The largest absolute Gasteiger partial charge is 0.256 e. The summed E-state index contributed by atoms with van der Waals surface area (Å²) in [5, 5.41) is 5.14. The average molecular weight is 570 g/mol. The molecular weight excluding hydrogens is 542 g/mol. The highest BCUT2D eigenvalue weighted by molar-refractivity contribution is 6.06. The van der Waals surface area contributed by atoms with Crippen molar-refractivity contribution in [2.45, 2.75) is 5.41 Å². The summed E-state index contributed by atoms with van der Waals surface area (Å²) in [4.78, 5) is 4.53. The zero-order valence-corrected chi connectivity index (χ0v) is 24.5. The summed E-state index contributed by atoms with van der Waals surface area (Å²) in [6, 6.07) is 58.4. The van der Waals surface area contributed by atoms with Gasteiger partial charge in [-0.1, -0.05) is 127 Å². The van der Waals surface area contributed by atoms with E-state index in [1.807, 2.05) is 18.3 Å². The van der Waals surface area contributed by atoms with Crippen LogP contribution in [0.2, 0.25) is 0 Å². The molecule has 2 aliphatic carbocycles. The van der Waals surface area contributed by atoms with Gasteiger partial charge in [-0.3, -0.25) is 4.98 Å². The third kappa shape index (κ3) is 3.30. The molecule has 0 amide bonds. The van der Waals surface area contributed by atoms with Crippen LogP contribution in [0.5, 0.6) is 0 Å². The fourth-order valence-corrected chi connectivity index (χ4v) is 8.21. The summed E-state index contributed by atoms with van der Waals surface area (Å²) in [5.74, 6) is 0. The van der Waals surface area contributed by atoms with E-state index in [-0.39, 0.29) is 5.41 Å². The lowest BCUT2D eigenvalue weighted by Gasteiger charge is -2.31. The van der Waals surface area contributed by atoms with Gasteiger partial charge in [0.05, 0.1) is 11.1 Å². The molecule has 1 heterocycles. The van der Waals surface area contributed by atoms with Gasteiger partial charge in [0.15, 0.2) is 0 Å². The van der Waals surface area contributed by atoms with Gasteiger partial charge in [-0.2, -0.15) is 0 Å². The van der Waals surface area contributed by atoms with Crippen LogP contribution in [0.1, 0.15) is 22.3 Å². The van der Waals surface area contributed by atoms with Gasteiger partial charge in [-0.25, -0.2) is 0 Å². The molecule has 208 valence electrons. The Morgan fingerprint density at radius 3 is 1.82 bits per heavy atom. The van der Waals surface area contributed by atoms with Gasteiger partial charge in [0.2, 0.25) is 0 Å². The van der Waals surface area contributed by atoms with Crippen LogP contribution in [-0.2, 0) is 5.41 Å². The number of hydrogen-bond acceptors (Lipinski definition) is 1. The minimum atomic E-state index is -0.382. The van der Waals surface area contributed by atoms with Crippen molar-refractivity contribution in [2.24, 2.45) is 0 Å². The van der Waals surface area contributed by atoms with E-state index in [0.29, 0.717) is 0 Å². The van der Waals surface area contributed by atoms with E-state index in [4.69, 9.17) is 0 Å². The van der Waals surface area contributed by atoms with Gasteiger partial charge < -0.3 is 0 Å². The zero-order valence-electron chi connectivity index (χ0n) is 24.5. The highest BCUT2D eigenvalue weighted by Gasteiger charge is 2.52. The average Bonchev–Trinajstić information content (AvgIpc) is 3.58. The van der Waals surface area contributed by atoms with Crippen molar-refractivity contribution >= 4 is 21.5 Å². The van der Waals surface area contributed by atoms with Crippen LogP contribution in [0.15, 0.2) is 164 Å². The second-order valence-corrected chi connectivity index (χ2v) is 12.3. The van der Waals surface area contributed by atoms with Gasteiger partial charge in [0.25, 0.3) is 0 Å². The fourth-order valence-electron chi connectivity index (χ4n) is 8.21. The summed E-state index contributed by atoms with van der Waals surface area (Å²) in [6.07, 6.45) is 1.85. The third-order valence-corrected chi connectivity index (χ3v) is 10.1. The van der Waals surface area contributed by atoms with Gasteiger partial charge in [-0.05, 0) is 108 Å². The summed E-state index contributed by atoms with van der Waals surface area (Å²) in [5.41, 5.74) is 15.1. The van der Waals surface area contributed by atoms with E-state index in [2.05, 4.69) is 151 Å². The molecule has 1 heteroatoms. The summed E-state index contributed by atoms with van der Waals surface area (Å²) < 4.78 is 0. The molecule has 0 saturated heterocycles. The smallest absolute Gasteiger partial charge is 0.0731 e. The maximum Gasteiger partial charge on any atom is 0.0731 e. The Morgan fingerprint density at radius 2 is 1.04 bits per heavy atom. The molecule has 0 fully saturated rings. The van der Waals surface area contributed by atoms with Gasteiger partial charge in [0.1, 0.15) is 0 Å². The molecule has 7 aromatic carbocycles. The Bertz CT molecular complexity index is 2420. The van der Waals surface area contributed by atoms with Crippen LogP contribution in [0.3, 0.4) is 0 Å². The molecule has 0 unspecified atom stereocenters. The minimum Gasteiger partial charge on any atom is -0.256 e. The van der Waals surface area contributed by atoms with Crippen molar-refractivity contribution in [3.63, 3.8) is 0 Å². The molecular formula is C44H27N. The van der Waals surface area contributed by atoms with Crippen LogP contribution in [0.4, 0.5) is 0 Å². The third-order valence-electron chi connectivity index (χ3n) is 10.1. The van der Waals surface area contributed by atoms with E-state index < -0.39 is 0 Å². The summed E-state index contributed by atoms with van der Waals surface area (Å²) in [7, 11) is 0. The second kappa shape index (κ2) is 9.11. The molecule has 45 heavy (non-hydrogen) atoms. The maximum absolute atomic E-state index is 4.53. The lowest BCUT2D eigenvalue weighted by Crippen LogP contribution is -2.26. The van der Waals surface area contributed by atoms with Crippen molar-refractivity contribution in [1.82, 2.24) is 4.98 Å². The van der Waals surface area contributed by atoms with Crippen molar-refractivity contribution in [3.05, 3.63) is 186 Å². The van der Waals surface area contributed by atoms with E-state index >= 15 is 0 Å². The molecule has 0 saturated carbocycles. The summed E-state index contributed by atoms with van der Waals surface area (Å²) >= 11 is 0. The van der Waals surface area contributed by atoms with Gasteiger partial charge >= 0.3 is 0 Å². The molecule has 10 rings (SSSR count). The molecule has 2 aliphatic rings. The van der Waals surface area contributed by atoms with Crippen molar-refractivity contribution in [1.29, 1.82) is 0 Å². The lowest BCUT2D eigenvalue weighted by molar-refractivity contribution is 0.802. The number of nitrogens with zero attached hydrogens (tertiary/aromatic N) is 1. The quantitative estimate of drug-likeness (QED) is 0.202. The van der Waals surface area contributed by atoms with E-state index in [0.717, 1.165) is 11.3 Å². The topological polar surface area (TPSA) is 12.9 Å². The highest BCUT2D eigenvalue weighted by Crippen LogP contribution is 2.64. The molecule has 0 atom stereocenters. The Labute approximate surface area is 262 Å². The number of fused-ring (bicyclic) bond motifs is 13. The predicted molar refractivity (Wildman–Crippen MR) is 186 cm³/mol. The molecule has 1 spiro atoms. The first-order valence-electron chi connectivity index (χ1n) is 15.6. The number of pyridine rings is 1. The van der Waals surface area contributed by atoms with Crippen LogP contribution in [0, 0.1) is 0 Å². The monoisotopic (exact) mass is 569 g/mol. The standard InChI is InChI=1S/C44H27N/c1-2-10-34-29(9-1)22-23-37-38-26-32-21-20-31(28-16-18-30(19-17-28)42-15-7-8-24-45-42)25-33(32)27-41(38)44(43(34)37)39-13-5-3-11-35(39)36-12-4-6-14-40(36)44/h1-27H. The molecule has 8 aromatic rings. The first-order chi connectivity index (χ1) is 22.3. The number of rotatable bonds is 2. The van der Waals surface area contributed by atoms with Crippen molar-refractivity contribution in [2.75, 3.05) is 0 Å². The predicted octanol–water partition coefficient (Wildman–Crippen LogP) is 11.1. The molecule has 0 N–H and O–H groups in total. The Morgan fingerprint density at radius 1 is 0.378 bits per heavy atom. The Hall–Kier alpha value is -5.79. The van der Waals surface area contributed by atoms with Crippen LogP contribution >= 0.6 is 0 Å². The van der Waals surface area contributed by atoms with Crippen molar-refractivity contribution < 1.29 is 0 Å². The van der Waals surface area contributed by atoms with Crippen LogP contribution in [0.25, 0.3) is 66.2 Å². The van der Waals surface area contributed by atoms with Crippen LogP contribution < -0.4 is 0 Å². The number of hydrogen-bond donors (Lipinski definition) is 0. The lowest BCUT2D eigenvalue weighted by atomic mass is 9.69. The van der Waals surface area contributed by atoms with Gasteiger partial charge in [-0.15, -0.1) is 0 Å². The highest BCUT2D eigenvalue weighted by atomic mass is 14.7. The van der Waals surface area contributed by atoms with E-state index in [1.54, 1.807) is 0 Å². The summed E-state index contributed by atoms with van der Waals surface area (Å²) in [6.45, 7) is 0. The number of aromatic nitrogens is 1. The zero-order chi connectivity index (χ0) is 29.5. The normalized spacial score (nSPS) is 13.5. The molecule has 0 aliphatic heterocycles. The molecule has 0 bridgehead atoms. The molecule has 1 nitrogen and oxygen atoms in total. The van der Waals surface area contributed by atoms with Crippen LogP contribution in [-0.4, -0.2) is 4.98 Å². The Balaban J connectivity index is 1.24. The van der Waals surface area contributed by atoms with E-state index in [9.17, 15) is 0 Å². The fraction of sp³-hybridized carbons (Fsp3) is 0.0227. The first kappa shape index (κ1) is 24.6. The van der Waals surface area contributed by atoms with Crippen molar-refractivity contribution in [3.8, 4) is 44.6 Å². The number of benzene rings is 7. The Kier molecular flexibility index (Phi) is 4.99. The first-order valence-corrected chi connectivity index (χ1v) is 15.6.